The summed E-state index contributed by atoms with van der Waals surface area (Å²) in [6.45, 7) is 5.62. The molecular formula is C18H18BrFN2O2. The first-order valence-corrected chi connectivity index (χ1v) is 8.17. The first-order chi connectivity index (χ1) is 11.3. The molecule has 0 heterocycles. The number of hydrogen-bond acceptors (Lipinski definition) is 2. The Bertz CT molecular complexity index is 762. The quantitative estimate of drug-likeness (QED) is 0.829. The summed E-state index contributed by atoms with van der Waals surface area (Å²) in [5, 5.41) is 5.28. The van der Waals surface area contributed by atoms with Crippen LogP contribution < -0.4 is 10.6 Å². The van der Waals surface area contributed by atoms with Gasteiger partial charge in [-0.15, -0.1) is 0 Å². The van der Waals surface area contributed by atoms with Crippen LogP contribution in [0.25, 0.3) is 0 Å². The molecule has 2 aromatic carbocycles. The second kappa shape index (κ2) is 7.57. The van der Waals surface area contributed by atoms with Gasteiger partial charge >= 0.3 is 0 Å². The van der Waals surface area contributed by atoms with E-state index in [1.807, 2.05) is 32.9 Å². The summed E-state index contributed by atoms with van der Waals surface area (Å²) in [6.07, 6.45) is 0. The van der Waals surface area contributed by atoms with Crippen LogP contribution in [0.1, 0.15) is 27.0 Å². The molecule has 2 N–H and O–H groups in total. The number of hydrogen-bond donors (Lipinski definition) is 2. The molecule has 0 saturated heterocycles. The van der Waals surface area contributed by atoms with Crippen LogP contribution in [0.5, 0.6) is 0 Å². The lowest BCUT2D eigenvalue weighted by molar-refractivity contribution is -0.115. The van der Waals surface area contributed by atoms with Crippen molar-refractivity contribution in [2.24, 2.45) is 0 Å². The van der Waals surface area contributed by atoms with Crippen molar-refractivity contribution in [2.75, 3.05) is 11.9 Å². The van der Waals surface area contributed by atoms with Gasteiger partial charge in [0.25, 0.3) is 5.91 Å². The lowest BCUT2D eigenvalue weighted by Crippen LogP contribution is -2.33. The fraction of sp³-hybridized carbons (Fsp3) is 0.222. The average molecular weight is 393 g/mol. The summed E-state index contributed by atoms with van der Waals surface area (Å²) >= 11 is 3.13. The third kappa shape index (κ3) is 4.64. The maximum atomic E-state index is 13.3. The first-order valence-electron chi connectivity index (χ1n) is 7.38. The summed E-state index contributed by atoms with van der Waals surface area (Å²) < 4.78 is 13.8. The fourth-order valence-electron chi connectivity index (χ4n) is 2.51. The highest BCUT2D eigenvalue weighted by molar-refractivity contribution is 9.10. The van der Waals surface area contributed by atoms with Gasteiger partial charge in [-0.3, -0.25) is 9.59 Å². The van der Waals surface area contributed by atoms with Gasteiger partial charge < -0.3 is 10.6 Å². The third-order valence-corrected chi connectivity index (χ3v) is 3.93. The zero-order valence-electron chi connectivity index (χ0n) is 13.7. The summed E-state index contributed by atoms with van der Waals surface area (Å²) in [5.41, 5.74) is 3.93. The van der Waals surface area contributed by atoms with Gasteiger partial charge in [0.15, 0.2) is 0 Å². The maximum Gasteiger partial charge on any atom is 0.251 e. The molecule has 126 valence electrons. The molecule has 0 spiro atoms. The van der Waals surface area contributed by atoms with E-state index in [9.17, 15) is 14.0 Å². The van der Waals surface area contributed by atoms with E-state index in [1.165, 1.54) is 12.1 Å². The summed E-state index contributed by atoms with van der Waals surface area (Å²) in [4.78, 5) is 24.1. The fourth-order valence-corrected chi connectivity index (χ4v) is 2.97. The Hall–Kier alpha value is -2.21. The van der Waals surface area contributed by atoms with E-state index in [1.54, 1.807) is 0 Å². The van der Waals surface area contributed by atoms with Crippen LogP contribution in [0.15, 0.2) is 34.8 Å². The van der Waals surface area contributed by atoms with Crippen LogP contribution in [0.2, 0.25) is 0 Å². The number of carbonyl (C=O) groups is 2. The Kier molecular flexibility index (Phi) is 5.72. The second-order valence-electron chi connectivity index (χ2n) is 5.66. The van der Waals surface area contributed by atoms with Gasteiger partial charge in [-0.1, -0.05) is 33.6 Å². The van der Waals surface area contributed by atoms with Crippen LogP contribution >= 0.6 is 15.9 Å². The molecule has 24 heavy (non-hydrogen) atoms. The van der Waals surface area contributed by atoms with Crippen molar-refractivity contribution in [1.29, 1.82) is 0 Å². The number of carbonyl (C=O) groups excluding carboxylic acids is 2. The molecule has 0 aliphatic rings. The highest BCUT2D eigenvalue weighted by atomic mass is 79.9. The van der Waals surface area contributed by atoms with Gasteiger partial charge in [-0.2, -0.15) is 0 Å². The highest BCUT2D eigenvalue weighted by Gasteiger charge is 2.12. The van der Waals surface area contributed by atoms with Gasteiger partial charge in [-0.25, -0.2) is 4.39 Å². The van der Waals surface area contributed by atoms with Crippen molar-refractivity contribution in [1.82, 2.24) is 5.32 Å². The summed E-state index contributed by atoms with van der Waals surface area (Å²) in [6, 6.07) is 7.82. The zero-order chi connectivity index (χ0) is 17.9. The molecule has 4 nitrogen and oxygen atoms in total. The molecule has 0 saturated carbocycles. The number of rotatable bonds is 4. The topological polar surface area (TPSA) is 58.2 Å². The Morgan fingerprint density at radius 3 is 2.25 bits per heavy atom. The smallest absolute Gasteiger partial charge is 0.251 e. The van der Waals surface area contributed by atoms with Gasteiger partial charge in [0, 0.05) is 15.7 Å². The first kappa shape index (κ1) is 18.1. The monoisotopic (exact) mass is 392 g/mol. The van der Waals surface area contributed by atoms with Crippen LogP contribution in [0.4, 0.5) is 10.1 Å². The minimum absolute atomic E-state index is 0.150. The third-order valence-electron chi connectivity index (χ3n) is 3.48. The summed E-state index contributed by atoms with van der Waals surface area (Å²) in [5.74, 6) is -1.37. The molecule has 6 heteroatoms. The van der Waals surface area contributed by atoms with Crippen molar-refractivity contribution in [3.8, 4) is 0 Å². The Balaban J connectivity index is 2.00. The van der Waals surface area contributed by atoms with E-state index in [-0.39, 0.29) is 18.0 Å². The molecule has 2 amide bonds. The lowest BCUT2D eigenvalue weighted by atomic mass is 10.1. The van der Waals surface area contributed by atoms with Gasteiger partial charge in [-0.05, 0) is 50.1 Å². The second-order valence-corrected chi connectivity index (χ2v) is 6.58. The molecule has 0 fully saturated rings. The normalized spacial score (nSPS) is 10.4. The van der Waals surface area contributed by atoms with E-state index in [2.05, 4.69) is 26.6 Å². The molecule has 0 aliphatic carbocycles. The summed E-state index contributed by atoms with van der Waals surface area (Å²) in [7, 11) is 0. The van der Waals surface area contributed by atoms with E-state index in [4.69, 9.17) is 0 Å². The zero-order valence-corrected chi connectivity index (χ0v) is 15.3. The largest absolute Gasteiger partial charge is 0.343 e. The molecule has 0 radical (unpaired) electrons. The minimum atomic E-state index is -0.523. The van der Waals surface area contributed by atoms with E-state index < -0.39 is 11.7 Å². The standard InChI is InChI=1S/C18H18BrFN2O2/c1-10-4-11(2)17(12(3)5-10)22-16(23)9-21-18(24)13-6-14(19)8-15(20)7-13/h4-8H,9H2,1-3H3,(H,21,24)(H,22,23). The molecule has 2 aromatic rings. The Labute approximate surface area is 148 Å². The van der Waals surface area contributed by atoms with Gasteiger partial charge in [0.1, 0.15) is 5.82 Å². The van der Waals surface area contributed by atoms with Crippen LogP contribution in [0, 0.1) is 26.6 Å². The number of nitrogens with one attached hydrogen (secondary N) is 2. The highest BCUT2D eigenvalue weighted by Crippen LogP contribution is 2.21. The molecule has 0 atom stereocenters. The van der Waals surface area contributed by atoms with Gasteiger partial charge in [0.05, 0.1) is 6.54 Å². The van der Waals surface area contributed by atoms with Crippen molar-refractivity contribution in [3.05, 3.63) is 62.9 Å². The maximum absolute atomic E-state index is 13.3. The van der Waals surface area contributed by atoms with Crippen molar-refractivity contribution < 1.29 is 14.0 Å². The molecule has 0 aromatic heterocycles. The SMILES string of the molecule is Cc1cc(C)c(NC(=O)CNC(=O)c2cc(F)cc(Br)c2)c(C)c1. The number of anilines is 1. The van der Waals surface area contributed by atoms with Gasteiger partial charge in [0.2, 0.25) is 5.91 Å². The van der Waals surface area contributed by atoms with E-state index in [0.717, 1.165) is 28.4 Å². The number of benzene rings is 2. The van der Waals surface area contributed by atoms with E-state index in [0.29, 0.717) is 4.47 Å². The molecule has 0 bridgehead atoms. The average Bonchev–Trinajstić information content (AvgIpc) is 2.47. The molecule has 2 rings (SSSR count). The number of amides is 2. The molecule has 0 unspecified atom stereocenters. The minimum Gasteiger partial charge on any atom is -0.343 e. The van der Waals surface area contributed by atoms with Crippen molar-refractivity contribution in [2.45, 2.75) is 20.8 Å². The van der Waals surface area contributed by atoms with E-state index >= 15 is 0 Å². The molecular weight excluding hydrogens is 375 g/mol. The van der Waals surface area contributed by atoms with Crippen LogP contribution in [0.3, 0.4) is 0 Å². The predicted octanol–water partition coefficient (Wildman–Crippen LogP) is 3.88. The molecule has 0 aliphatic heterocycles. The van der Waals surface area contributed by atoms with Crippen LogP contribution in [-0.4, -0.2) is 18.4 Å². The predicted molar refractivity (Wildman–Crippen MR) is 95.7 cm³/mol. The Morgan fingerprint density at radius 1 is 1.04 bits per heavy atom. The van der Waals surface area contributed by atoms with Crippen molar-refractivity contribution >= 4 is 33.4 Å². The number of halogens is 2. The number of aryl methyl sites for hydroxylation is 3. The van der Waals surface area contributed by atoms with Crippen molar-refractivity contribution in [3.63, 3.8) is 0 Å². The lowest BCUT2D eigenvalue weighted by Gasteiger charge is -2.13. The Morgan fingerprint density at radius 2 is 1.67 bits per heavy atom. The van der Waals surface area contributed by atoms with Crippen LogP contribution in [-0.2, 0) is 4.79 Å².